The maximum Gasteiger partial charge on any atom is 0.325 e. The summed E-state index contributed by atoms with van der Waals surface area (Å²) in [6.45, 7) is 2.00. The quantitative estimate of drug-likeness (QED) is 0.757. The molecule has 0 unspecified atom stereocenters. The molecule has 0 spiro atoms. The summed E-state index contributed by atoms with van der Waals surface area (Å²) in [6.07, 6.45) is 3.92. The Bertz CT molecular complexity index is 342. The van der Waals surface area contributed by atoms with Crippen LogP contribution in [0.15, 0.2) is 12.3 Å². The van der Waals surface area contributed by atoms with Gasteiger partial charge in [0, 0.05) is 12.1 Å². The molecule has 1 aliphatic heterocycles. The van der Waals surface area contributed by atoms with Gasteiger partial charge in [0.2, 0.25) is 0 Å². The van der Waals surface area contributed by atoms with E-state index in [-0.39, 0.29) is 6.54 Å². The largest absolute Gasteiger partial charge is 0.480 e. The van der Waals surface area contributed by atoms with E-state index in [0.717, 1.165) is 31.6 Å². The molecule has 1 fully saturated rings. The van der Waals surface area contributed by atoms with Crippen molar-refractivity contribution >= 4 is 5.97 Å². The van der Waals surface area contributed by atoms with Crippen molar-refractivity contribution in [3.63, 3.8) is 0 Å². The van der Waals surface area contributed by atoms with Gasteiger partial charge in [-0.2, -0.15) is 5.10 Å². The minimum absolute atomic E-state index is 0.0506. The molecule has 5 heteroatoms. The first-order chi connectivity index (χ1) is 7.25. The molecule has 0 amide bonds. The topological polar surface area (TPSA) is 67.2 Å². The van der Waals surface area contributed by atoms with Gasteiger partial charge in [-0.25, -0.2) is 0 Å². The third-order valence-corrected chi connectivity index (χ3v) is 2.72. The first-order valence-corrected chi connectivity index (χ1v) is 5.21. The summed E-state index contributed by atoms with van der Waals surface area (Å²) >= 11 is 0. The molecule has 2 heterocycles. The minimum Gasteiger partial charge on any atom is -0.480 e. The third-order valence-electron chi connectivity index (χ3n) is 2.72. The van der Waals surface area contributed by atoms with Gasteiger partial charge in [0.1, 0.15) is 6.54 Å². The van der Waals surface area contributed by atoms with Crippen molar-refractivity contribution < 1.29 is 9.90 Å². The van der Waals surface area contributed by atoms with Crippen molar-refractivity contribution in [2.24, 2.45) is 0 Å². The zero-order chi connectivity index (χ0) is 10.7. The highest BCUT2D eigenvalue weighted by Crippen LogP contribution is 2.23. The Morgan fingerprint density at radius 1 is 1.60 bits per heavy atom. The Labute approximate surface area is 88.1 Å². The van der Waals surface area contributed by atoms with E-state index in [1.807, 2.05) is 6.07 Å². The molecule has 0 bridgehead atoms. The molecule has 0 radical (unpaired) electrons. The van der Waals surface area contributed by atoms with Crippen molar-refractivity contribution in [1.29, 1.82) is 0 Å². The summed E-state index contributed by atoms with van der Waals surface area (Å²) < 4.78 is 1.49. The molecule has 5 nitrogen and oxygen atoms in total. The van der Waals surface area contributed by atoms with Gasteiger partial charge in [0.25, 0.3) is 0 Å². The van der Waals surface area contributed by atoms with Gasteiger partial charge < -0.3 is 10.4 Å². The average molecular weight is 209 g/mol. The van der Waals surface area contributed by atoms with Crippen LogP contribution in [0.5, 0.6) is 0 Å². The first kappa shape index (κ1) is 10.2. The van der Waals surface area contributed by atoms with E-state index < -0.39 is 5.97 Å². The zero-order valence-corrected chi connectivity index (χ0v) is 8.52. The van der Waals surface area contributed by atoms with Gasteiger partial charge in [-0.1, -0.05) is 0 Å². The number of carboxylic acids is 1. The summed E-state index contributed by atoms with van der Waals surface area (Å²) in [4.78, 5) is 10.5. The Hall–Kier alpha value is -1.36. The standard InChI is InChI=1S/C10H15N3O2/c14-10(15)7-13-6-3-9(12-13)8-1-4-11-5-2-8/h3,6,8,11H,1-2,4-5,7H2,(H,14,15). The Balaban J connectivity index is 2.02. The highest BCUT2D eigenvalue weighted by Gasteiger charge is 2.17. The van der Waals surface area contributed by atoms with Gasteiger partial charge in [0.05, 0.1) is 5.69 Å². The second-order valence-corrected chi connectivity index (χ2v) is 3.86. The number of aromatic nitrogens is 2. The number of carboxylic acid groups (broad SMARTS) is 1. The minimum atomic E-state index is -0.852. The maximum absolute atomic E-state index is 10.5. The van der Waals surface area contributed by atoms with Crippen molar-refractivity contribution in [3.8, 4) is 0 Å². The fourth-order valence-electron chi connectivity index (χ4n) is 1.94. The summed E-state index contributed by atoms with van der Waals surface area (Å²) in [5.74, 6) is -0.365. The van der Waals surface area contributed by atoms with Crippen LogP contribution in [0.25, 0.3) is 0 Å². The van der Waals surface area contributed by atoms with Crippen LogP contribution in [0.4, 0.5) is 0 Å². The highest BCUT2D eigenvalue weighted by atomic mass is 16.4. The van der Waals surface area contributed by atoms with E-state index in [1.165, 1.54) is 4.68 Å². The SMILES string of the molecule is O=C(O)Cn1ccc(C2CCNCC2)n1. The molecular formula is C10H15N3O2. The molecule has 15 heavy (non-hydrogen) atoms. The number of aliphatic carboxylic acids is 1. The van der Waals surface area contributed by atoms with E-state index in [1.54, 1.807) is 6.20 Å². The number of rotatable bonds is 3. The van der Waals surface area contributed by atoms with Crippen LogP contribution in [-0.4, -0.2) is 33.9 Å². The molecular weight excluding hydrogens is 194 g/mol. The molecule has 0 saturated carbocycles. The lowest BCUT2D eigenvalue weighted by Gasteiger charge is -2.20. The van der Waals surface area contributed by atoms with Gasteiger partial charge >= 0.3 is 5.97 Å². The smallest absolute Gasteiger partial charge is 0.325 e. The summed E-state index contributed by atoms with van der Waals surface area (Å²) in [5, 5.41) is 16.2. The molecule has 1 aromatic heterocycles. The number of carbonyl (C=O) groups is 1. The van der Waals surface area contributed by atoms with Crippen LogP contribution < -0.4 is 5.32 Å². The van der Waals surface area contributed by atoms with Crippen molar-refractivity contribution in [3.05, 3.63) is 18.0 Å². The summed E-state index contributed by atoms with van der Waals surface area (Å²) in [6, 6.07) is 1.93. The lowest BCUT2D eigenvalue weighted by atomic mass is 9.95. The number of nitrogens with zero attached hydrogens (tertiary/aromatic N) is 2. The van der Waals surface area contributed by atoms with Crippen molar-refractivity contribution in [2.45, 2.75) is 25.3 Å². The van der Waals surface area contributed by atoms with Gasteiger partial charge in [0.15, 0.2) is 0 Å². The average Bonchev–Trinajstić information content (AvgIpc) is 2.67. The Morgan fingerprint density at radius 3 is 3.00 bits per heavy atom. The Morgan fingerprint density at radius 2 is 2.33 bits per heavy atom. The predicted molar refractivity (Wildman–Crippen MR) is 54.7 cm³/mol. The van der Waals surface area contributed by atoms with E-state index in [2.05, 4.69) is 10.4 Å². The van der Waals surface area contributed by atoms with Gasteiger partial charge in [-0.3, -0.25) is 9.48 Å². The predicted octanol–water partition coefficient (Wildman–Crippen LogP) is 0.435. The second kappa shape index (κ2) is 4.44. The number of nitrogens with one attached hydrogen (secondary N) is 1. The molecule has 2 N–H and O–H groups in total. The zero-order valence-electron chi connectivity index (χ0n) is 8.52. The molecule has 2 rings (SSSR count). The van der Waals surface area contributed by atoms with Crippen molar-refractivity contribution in [1.82, 2.24) is 15.1 Å². The van der Waals surface area contributed by atoms with Gasteiger partial charge in [-0.05, 0) is 32.0 Å². The number of hydrogen-bond donors (Lipinski definition) is 2. The van der Waals surface area contributed by atoms with E-state index >= 15 is 0 Å². The highest BCUT2D eigenvalue weighted by molar-refractivity contribution is 5.66. The molecule has 1 saturated heterocycles. The number of piperidine rings is 1. The molecule has 1 aliphatic rings. The third kappa shape index (κ3) is 2.56. The summed E-state index contributed by atoms with van der Waals surface area (Å²) in [5.41, 5.74) is 1.03. The molecule has 1 aromatic rings. The number of hydrogen-bond acceptors (Lipinski definition) is 3. The van der Waals surface area contributed by atoms with Crippen molar-refractivity contribution in [2.75, 3.05) is 13.1 Å². The van der Waals surface area contributed by atoms with Gasteiger partial charge in [-0.15, -0.1) is 0 Å². The maximum atomic E-state index is 10.5. The second-order valence-electron chi connectivity index (χ2n) is 3.86. The molecule has 0 atom stereocenters. The molecule has 0 aliphatic carbocycles. The Kier molecular flexibility index (Phi) is 3.01. The normalized spacial score (nSPS) is 17.9. The lowest BCUT2D eigenvalue weighted by molar-refractivity contribution is -0.137. The van der Waals surface area contributed by atoms with E-state index in [9.17, 15) is 4.79 Å². The van der Waals surface area contributed by atoms with E-state index in [4.69, 9.17) is 5.11 Å². The molecule has 82 valence electrons. The van der Waals surface area contributed by atoms with Crippen LogP contribution in [0.3, 0.4) is 0 Å². The van der Waals surface area contributed by atoms with Crippen LogP contribution in [-0.2, 0) is 11.3 Å². The lowest BCUT2D eigenvalue weighted by Crippen LogP contribution is -2.26. The van der Waals surface area contributed by atoms with Crippen LogP contribution in [0, 0.1) is 0 Å². The van der Waals surface area contributed by atoms with Crippen LogP contribution >= 0.6 is 0 Å². The summed E-state index contributed by atoms with van der Waals surface area (Å²) in [7, 11) is 0. The molecule has 0 aromatic carbocycles. The monoisotopic (exact) mass is 209 g/mol. The fourth-order valence-corrected chi connectivity index (χ4v) is 1.94. The fraction of sp³-hybridized carbons (Fsp3) is 0.600. The van der Waals surface area contributed by atoms with E-state index in [0.29, 0.717) is 5.92 Å². The first-order valence-electron chi connectivity index (χ1n) is 5.21. The van der Waals surface area contributed by atoms with Crippen LogP contribution in [0.2, 0.25) is 0 Å². The van der Waals surface area contributed by atoms with Crippen LogP contribution in [0.1, 0.15) is 24.5 Å².